The average molecular weight is 330 g/mol. The van der Waals surface area contributed by atoms with E-state index in [4.69, 9.17) is 4.74 Å². The third-order valence-electron chi connectivity index (χ3n) is 8.01. The number of hydrogen-bond acceptors (Lipinski definition) is 3. The molecule has 0 aromatic heterocycles. The van der Waals surface area contributed by atoms with E-state index in [0.29, 0.717) is 23.0 Å². The minimum absolute atomic E-state index is 0.0356. The fourth-order valence-corrected chi connectivity index (χ4v) is 6.69. The Morgan fingerprint density at radius 2 is 1.92 bits per heavy atom. The largest absolute Gasteiger partial charge is 0.462 e. The molecule has 0 aromatic rings. The molecule has 0 N–H and O–H groups in total. The van der Waals surface area contributed by atoms with E-state index in [-0.39, 0.29) is 23.4 Å². The van der Waals surface area contributed by atoms with Gasteiger partial charge in [0.2, 0.25) is 0 Å². The van der Waals surface area contributed by atoms with Crippen LogP contribution < -0.4 is 0 Å². The third kappa shape index (κ3) is 2.30. The molecule has 3 fully saturated rings. The molecule has 0 aromatic carbocycles. The predicted octanol–water partition coefficient (Wildman–Crippen LogP) is 4.45. The van der Waals surface area contributed by atoms with Crippen LogP contribution in [0.3, 0.4) is 0 Å². The van der Waals surface area contributed by atoms with Gasteiger partial charge in [0.05, 0.1) is 0 Å². The first kappa shape index (κ1) is 16.4. The predicted molar refractivity (Wildman–Crippen MR) is 92.3 cm³/mol. The molecule has 3 heteroatoms. The van der Waals surface area contributed by atoms with Gasteiger partial charge in [0.15, 0.2) is 5.78 Å². The minimum atomic E-state index is -0.205. The SMILES string of the molecule is CC(=O)O[C@@H]1CC[C@@]2(C)C(=CC(=O)[C@@H]3[C@H]4CCC[C@@]4(C)CC[C@H]32)C1. The highest BCUT2D eigenvalue weighted by molar-refractivity contribution is 5.94. The Bertz CT molecular complexity index is 606. The molecule has 3 nitrogen and oxygen atoms in total. The first-order valence-electron chi connectivity index (χ1n) is 9.76. The van der Waals surface area contributed by atoms with Crippen LogP contribution in [0, 0.1) is 28.6 Å². The van der Waals surface area contributed by atoms with E-state index in [2.05, 4.69) is 13.8 Å². The van der Waals surface area contributed by atoms with Crippen molar-refractivity contribution in [3.63, 3.8) is 0 Å². The van der Waals surface area contributed by atoms with Crippen molar-refractivity contribution >= 4 is 11.8 Å². The lowest BCUT2D eigenvalue weighted by Gasteiger charge is -2.56. The summed E-state index contributed by atoms with van der Waals surface area (Å²) in [4.78, 5) is 24.4. The number of carbonyl (C=O) groups excluding carboxylic acids is 2. The number of fused-ring (bicyclic) bond motifs is 5. The van der Waals surface area contributed by atoms with Crippen molar-refractivity contribution in [3.05, 3.63) is 11.6 Å². The lowest BCUT2D eigenvalue weighted by atomic mass is 9.48. The monoisotopic (exact) mass is 330 g/mol. The number of hydrogen-bond donors (Lipinski definition) is 0. The summed E-state index contributed by atoms with van der Waals surface area (Å²) in [6.45, 7) is 6.28. The first-order chi connectivity index (χ1) is 11.3. The normalized spacial score (nSPS) is 47.3. The Morgan fingerprint density at radius 1 is 1.12 bits per heavy atom. The lowest BCUT2D eigenvalue weighted by molar-refractivity contribution is -0.149. The number of carbonyl (C=O) groups is 2. The second-order valence-corrected chi connectivity index (χ2v) is 9.29. The van der Waals surface area contributed by atoms with E-state index in [9.17, 15) is 9.59 Å². The maximum Gasteiger partial charge on any atom is 0.302 e. The highest BCUT2D eigenvalue weighted by atomic mass is 16.5. The van der Waals surface area contributed by atoms with Crippen LogP contribution in [0.2, 0.25) is 0 Å². The fourth-order valence-electron chi connectivity index (χ4n) is 6.69. The van der Waals surface area contributed by atoms with Crippen molar-refractivity contribution in [3.8, 4) is 0 Å². The van der Waals surface area contributed by atoms with Crippen LogP contribution in [-0.4, -0.2) is 17.9 Å². The number of ether oxygens (including phenoxy) is 1. The summed E-state index contributed by atoms with van der Waals surface area (Å²) in [7, 11) is 0. The van der Waals surface area contributed by atoms with Crippen LogP contribution >= 0.6 is 0 Å². The second-order valence-electron chi connectivity index (χ2n) is 9.29. The van der Waals surface area contributed by atoms with Gasteiger partial charge in [-0.2, -0.15) is 0 Å². The molecular weight excluding hydrogens is 300 g/mol. The molecule has 0 spiro atoms. The molecule has 3 saturated carbocycles. The van der Waals surface area contributed by atoms with Crippen LogP contribution in [0.1, 0.15) is 72.1 Å². The highest BCUT2D eigenvalue weighted by Crippen LogP contribution is 2.64. The summed E-state index contributed by atoms with van der Waals surface area (Å²) in [5, 5.41) is 0. The Kier molecular flexibility index (Phi) is 3.71. The number of rotatable bonds is 1. The molecule has 132 valence electrons. The van der Waals surface area contributed by atoms with Gasteiger partial charge in [0.25, 0.3) is 0 Å². The molecule has 4 rings (SSSR count). The van der Waals surface area contributed by atoms with Gasteiger partial charge in [-0.3, -0.25) is 9.59 Å². The molecule has 24 heavy (non-hydrogen) atoms. The van der Waals surface area contributed by atoms with Crippen LogP contribution in [-0.2, 0) is 14.3 Å². The van der Waals surface area contributed by atoms with Crippen molar-refractivity contribution in [2.45, 2.75) is 78.2 Å². The van der Waals surface area contributed by atoms with Crippen LogP contribution in [0.25, 0.3) is 0 Å². The van der Waals surface area contributed by atoms with E-state index in [1.165, 1.54) is 44.6 Å². The van der Waals surface area contributed by atoms with Crippen LogP contribution in [0.4, 0.5) is 0 Å². The summed E-state index contributed by atoms with van der Waals surface area (Å²) in [5.41, 5.74) is 1.79. The fraction of sp³-hybridized carbons (Fsp3) is 0.810. The summed E-state index contributed by atoms with van der Waals surface area (Å²) in [5.74, 6) is 1.49. The zero-order valence-corrected chi connectivity index (χ0v) is 15.3. The average Bonchev–Trinajstić information content (AvgIpc) is 2.90. The molecule has 4 aliphatic carbocycles. The molecule has 0 bridgehead atoms. The standard InChI is InChI=1S/C21H30O3/c1-13(22)24-15-6-10-21(3)14(11-15)12-18(23)19-16-5-4-8-20(16,2)9-7-17(19)21/h12,15-17,19H,4-11H2,1-3H3/t15-,16-,17-,19-,20+,21+/m1/s1. The topological polar surface area (TPSA) is 43.4 Å². The Balaban J connectivity index is 1.65. The van der Waals surface area contributed by atoms with E-state index >= 15 is 0 Å². The molecule has 0 heterocycles. The highest BCUT2D eigenvalue weighted by Gasteiger charge is 2.58. The summed E-state index contributed by atoms with van der Waals surface area (Å²) < 4.78 is 5.45. The summed E-state index contributed by atoms with van der Waals surface area (Å²) in [6.07, 6.45) is 11.0. The van der Waals surface area contributed by atoms with Gasteiger partial charge in [-0.1, -0.05) is 25.8 Å². The van der Waals surface area contributed by atoms with Crippen LogP contribution in [0.15, 0.2) is 11.6 Å². The molecule has 0 unspecified atom stereocenters. The van der Waals surface area contributed by atoms with Gasteiger partial charge in [-0.15, -0.1) is 0 Å². The zero-order chi connectivity index (χ0) is 17.1. The van der Waals surface area contributed by atoms with E-state index in [1.54, 1.807) is 0 Å². The summed E-state index contributed by atoms with van der Waals surface area (Å²) in [6, 6.07) is 0. The van der Waals surface area contributed by atoms with Gasteiger partial charge in [-0.25, -0.2) is 0 Å². The van der Waals surface area contributed by atoms with Gasteiger partial charge in [0, 0.05) is 19.3 Å². The smallest absolute Gasteiger partial charge is 0.302 e. The van der Waals surface area contributed by atoms with E-state index in [1.807, 2.05) is 6.08 Å². The first-order valence-corrected chi connectivity index (χ1v) is 9.76. The Labute approximate surface area is 145 Å². The molecule has 6 atom stereocenters. The van der Waals surface area contributed by atoms with Gasteiger partial charge >= 0.3 is 5.97 Å². The van der Waals surface area contributed by atoms with Crippen molar-refractivity contribution in [1.29, 1.82) is 0 Å². The van der Waals surface area contributed by atoms with Crippen molar-refractivity contribution in [2.24, 2.45) is 28.6 Å². The van der Waals surface area contributed by atoms with Crippen molar-refractivity contribution in [2.75, 3.05) is 0 Å². The Morgan fingerprint density at radius 3 is 2.67 bits per heavy atom. The quantitative estimate of drug-likeness (QED) is 0.667. The van der Waals surface area contributed by atoms with Crippen molar-refractivity contribution < 1.29 is 14.3 Å². The Hall–Kier alpha value is -1.12. The lowest BCUT2D eigenvalue weighted by Crippen LogP contribution is -2.52. The number of ketones is 1. The number of esters is 1. The molecular formula is C21H30O3. The molecule has 0 saturated heterocycles. The van der Waals surface area contributed by atoms with Crippen molar-refractivity contribution in [1.82, 2.24) is 0 Å². The summed E-state index contributed by atoms with van der Waals surface area (Å²) >= 11 is 0. The third-order valence-corrected chi connectivity index (χ3v) is 8.01. The maximum atomic E-state index is 13.1. The van der Waals surface area contributed by atoms with E-state index in [0.717, 1.165) is 19.3 Å². The molecule has 4 aliphatic rings. The number of allylic oxidation sites excluding steroid dienone is 1. The van der Waals surface area contributed by atoms with E-state index < -0.39 is 0 Å². The molecule has 0 amide bonds. The van der Waals surface area contributed by atoms with Gasteiger partial charge < -0.3 is 4.74 Å². The molecule has 0 radical (unpaired) electrons. The van der Waals surface area contributed by atoms with Crippen LogP contribution in [0.5, 0.6) is 0 Å². The maximum absolute atomic E-state index is 13.1. The zero-order valence-electron chi connectivity index (χ0n) is 15.3. The molecule has 0 aliphatic heterocycles. The second kappa shape index (κ2) is 5.44. The minimum Gasteiger partial charge on any atom is -0.462 e. The van der Waals surface area contributed by atoms with Gasteiger partial charge in [-0.05, 0) is 67.3 Å². The van der Waals surface area contributed by atoms with Gasteiger partial charge in [0.1, 0.15) is 6.10 Å².